The zero-order valence-corrected chi connectivity index (χ0v) is 9.67. The van der Waals surface area contributed by atoms with Gasteiger partial charge in [-0.05, 0) is 30.5 Å². The van der Waals surface area contributed by atoms with Crippen molar-refractivity contribution in [3.05, 3.63) is 34.9 Å². The van der Waals surface area contributed by atoms with E-state index < -0.39 is 5.60 Å². The zero-order valence-electron chi connectivity index (χ0n) is 8.92. The molecule has 0 bridgehead atoms. The van der Waals surface area contributed by atoms with Gasteiger partial charge in [-0.2, -0.15) is 0 Å². The fraction of sp³-hybridized carbons (Fsp3) is 0.500. The molecule has 14 heavy (non-hydrogen) atoms. The van der Waals surface area contributed by atoms with Crippen LogP contribution in [0.2, 0.25) is 5.02 Å². The highest BCUT2D eigenvalue weighted by Crippen LogP contribution is 2.32. The van der Waals surface area contributed by atoms with Crippen molar-refractivity contribution in [3.8, 4) is 0 Å². The Hall–Kier alpha value is -0.530. The van der Waals surface area contributed by atoms with Crippen molar-refractivity contribution in [2.24, 2.45) is 5.92 Å². The summed E-state index contributed by atoms with van der Waals surface area (Å²) in [5.74, 6) is 0.223. The predicted octanol–water partition coefficient (Wildman–Crippen LogP) is 3.59. The minimum Gasteiger partial charge on any atom is -0.385 e. The van der Waals surface area contributed by atoms with Crippen LogP contribution in [0.15, 0.2) is 24.3 Å². The summed E-state index contributed by atoms with van der Waals surface area (Å²) in [6, 6.07) is 7.43. The third-order valence-electron chi connectivity index (χ3n) is 2.98. The maximum absolute atomic E-state index is 10.3. The summed E-state index contributed by atoms with van der Waals surface area (Å²) in [4.78, 5) is 0. The van der Waals surface area contributed by atoms with Crippen LogP contribution in [0.1, 0.15) is 32.8 Å². The topological polar surface area (TPSA) is 20.2 Å². The molecule has 0 saturated heterocycles. The monoisotopic (exact) mass is 212 g/mol. The number of hydrogen-bond donors (Lipinski definition) is 1. The molecule has 2 heteroatoms. The smallest absolute Gasteiger partial charge is 0.0894 e. The Labute approximate surface area is 90.7 Å². The van der Waals surface area contributed by atoms with Crippen molar-refractivity contribution in [1.29, 1.82) is 0 Å². The number of benzene rings is 1. The van der Waals surface area contributed by atoms with Gasteiger partial charge in [-0.25, -0.2) is 0 Å². The standard InChI is InChI=1S/C12H17ClO/c1-4-9(2)12(3,14)10-6-5-7-11(13)8-10/h5-9,14H,4H2,1-3H3. The third kappa shape index (κ3) is 2.28. The SMILES string of the molecule is CCC(C)C(C)(O)c1cccc(Cl)c1. The van der Waals surface area contributed by atoms with Gasteiger partial charge >= 0.3 is 0 Å². The summed E-state index contributed by atoms with van der Waals surface area (Å²) in [7, 11) is 0. The van der Waals surface area contributed by atoms with Gasteiger partial charge in [-0.1, -0.05) is 44.0 Å². The summed E-state index contributed by atoms with van der Waals surface area (Å²) in [5.41, 5.74) is 0.0963. The maximum Gasteiger partial charge on any atom is 0.0894 e. The molecular weight excluding hydrogens is 196 g/mol. The van der Waals surface area contributed by atoms with Crippen LogP contribution in [0, 0.1) is 5.92 Å². The number of rotatable bonds is 3. The maximum atomic E-state index is 10.3. The fourth-order valence-corrected chi connectivity index (χ4v) is 1.68. The lowest BCUT2D eigenvalue weighted by atomic mass is 9.83. The van der Waals surface area contributed by atoms with Gasteiger partial charge in [0, 0.05) is 5.02 Å². The van der Waals surface area contributed by atoms with E-state index in [0.717, 1.165) is 12.0 Å². The highest BCUT2D eigenvalue weighted by molar-refractivity contribution is 6.30. The lowest BCUT2D eigenvalue weighted by molar-refractivity contribution is 0.0000267. The molecule has 1 nitrogen and oxygen atoms in total. The van der Waals surface area contributed by atoms with Gasteiger partial charge in [0.25, 0.3) is 0 Å². The van der Waals surface area contributed by atoms with Crippen molar-refractivity contribution >= 4 is 11.6 Å². The van der Waals surface area contributed by atoms with Crippen molar-refractivity contribution in [2.45, 2.75) is 32.8 Å². The first-order valence-electron chi connectivity index (χ1n) is 4.97. The first kappa shape index (κ1) is 11.5. The molecule has 1 N–H and O–H groups in total. The molecule has 1 aromatic carbocycles. The third-order valence-corrected chi connectivity index (χ3v) is 3.22. The zero-order chi connectivity index (χ0) is 10.8. The molecule has 0 aliphatic heterocycles. The fourth-order valence-electron chi connectivity index (χ4n) is 1.49. The summed E-state index contributed by atoms with van der Waals surface area (Å²) in [6.07, 6.45) is 0.944. The Morgan fingerprint density at radius 2 is 2.14 bits per heavy atom. The van der Waals surface area contributed by atoms with E-state index in [1.807, 2.05) is 38.1 Å². The van der Waals surface area contributed by atoms with Gasteiger partial charge in [0.1, 0.15) is 0 Å². The van der Waals surface area contributed by atoms with E-state index in [0.29, 0.717) is 5.02 Å². The Kier molecular flexibility index (Phi) is 3.57. The van der Waals surface area contributed by atoms with Crippen LogP contribution >= 0.6 is 11.6 Å². The van der Waals surface area contributed by atoms with Crippen LogP contribution in [-0.4, -0.2) is 5.11 Å². The molecular formula is C12H17ClO. The normalized spacial score (nSPS) is 17.5. The van der Waals surface area contributed by atoms with Gasteiger partial charge in [-0.3, -0.25) is 0 Å². The van der Waals surface area contributed by atoms with Crippen molar-refractivity contribution in [1.82, 2.24) is 0 Å². The van der Waals surface area contributed by atoms with E-state index in [2.05, 4.69) is 6.92 Å². The highest BCUT2D eigenvalue weighted by Gasteiger charge is 2.28. The Morgan fingerprint density at radius 1 is 1.50 bits per heavy atom. The second-order valence-corrected chi connectivity index (χ2v) is 4.40. The first-order valence-corrected chi connectivity index (χ1v) is 5.34. The summed E-state index contributed by atoms with van der Waals surface area (Å²) < 4.78 is 0. The summed E-state index contributed by atoms with van der Waals surface area (Å²) in [5, 5.41) is 11.0. The highest BCUT2D eigenvalue weighted by atomic mass is 35.5. The van der Waals surface area contributed by atoms with E-state index >= 15 is 0 Å². The second kappa shape index (κ2) is 4.33. The molecule has 0 aromatic heterocycles. The first-order chi connectivity index (χ1) is 6.48. The quantitative estimate of drug-likeness (QED) is 0.812. The second-order valence-electron chi connectivity index (χ2n) is 3.97. The molecule has 0 spiro atoms. The minimum atomic E-state index is -0.792. The van der Waals surface area contributed by atoms with Gasteiger partial charge in [-0.15, -0.1) is 0 Å². The number of hydrogen-bond acceptors (Lipinski definition) is 1. The van der Waals surface area contributed by atoms with Gasteiger partial charge in [0.05, 0.1) is 5.60 Å². The Morgan fingerprint density at radius 3 is 2.64 bits per heavy atom. The van der Waals surface area contributed by atoms with Gasteiger partial charge < -0.3 is 5.11 Å². The van der Waals surface area contributed by atoms with Crippen LogP contribution in [-0.2, 0) is 5.60 Å². The van der Waals surface area contributed by atoms with Crippen LogP contribution < -0.4 is 0 Å². The molecule has 2 atom stereocenters. The molecule has 2 unspecified atom stereocenters. The minimum absolute atomic E-state index is 0.223. The lowest BCUT2D eigenvalue weighted by Crippen LogP contribution is -2.29. The van der Waals surface area contributed by atoms with E-state index in [4.69, 9.17) is 11.6 Å². The molecule has 0 heterocycles. The largest absolute Gasteiger partial charge is 0.385 e. The average Bonchev–Trinajstić information content (AvgIpc) is 2.16. The van der Waals surface area contributed by atoms with E-state index in [9.17, 15) is 5.11 Å². The van der Waals surface area contributed by atoms with E-state index in [1.165, 1.54) is 0 Å². The molecule has 1 rings (SSSR count). The molecule has 0 amide bonds. The van der Waals surface area contributed by atoms with Crippen molar-refractivity contribution < 1.29 is 5.11 Å². The molecule has 0 aliphatic rings. The summed E-state index contributed by atoms with van der Waals surface area (Å²) >= 11 is 5.89. The van der Waals surface area contributed by atoms with Gasteiger partial charge in [0.15, 0.2) is 0 Å². The van der Waals surface area contributed by atoms with Gasteiger partial charge in [0.2, 0.25) is 0 Å². The molecule has 0 saturated carbocycles. The molecule has 0 radical (unpaired) electrons. The molecule has 1 aromatic rings. The predicted molar refractivity (Wildman–Crippen MR) is 60.5 cm³/mol. The molecule has 0 fully saturated rings. The average molecular weight is 213 g/mol. The lowest BCUT2D eigenvalue weighted by Gasteiger charge is -2.30. The number of aliphatic hydroxyl groups is 1. The summed E-state index contributed by atoms with van der Waals surface area (Å²) in [6.45, 7) is 5.96. The van der Waals surface area contributed by atoms with Crippen molar-refractivity contribution in [3.63, 3.8) is 0 Å². The van der Waals surface area contributed by atoms with E-state index in [-0.39, 0.29) is 5.92 Å². The Bertz CT molecular complexity index is 307. The molecule has 0 aliphatic carbocycles. The van der Waals surface area contributed by atoms with Crippen molar-refractivity contribution in [2.75, 3.05) is 0 Å². The van der Waals surface area contributed by atoms with Crippen LogP contribution in [0.25, 0.3) is 0 Å². The Balaban J connectivity index is 3.03. The van der Waals surface area contributed by atoms with Crippen LogP contribution in [0.4, 0.5) is 0 Å². The van der Waals surface area contributed by atoms with Crippen LogP contribution in [0.3, 0.4) is 0 Å². The number of halogens is 1. The molecule has 78 valence electrons. The van der Waals surface area contributed by atoms with Crippen LogP contribution in [0.5, 0.6) is 0 Å². The van der Waals surface area contributed by atoms with E-state index in [1.54, 1.807) is 0 Å².